The van der Waals surface area contributed by atoms with Gasteiger partial charge >= 0.3 is 0 Å². The fourth-order valence-electron chi connectivity index (χ4n) is 4.98. The smallest absolute Gasteiger partial charge is 0.162 e. The molecule has 0 saturated heterocycles. The maximum Gasteiger partial charge on any atom is 0.162 e. The van der Waals surface area contributed by atoms with Crippen molar-refractivity contribution in [1.82, 2.24) is 0 Å². The number of nitrogens with zero attached hydrogens (tertiary/aromatic N) is 2. The zero-order valence-electron chi connectivity index (χ0n) is 18.5. The molecule has 0 N–H and O–H groups in total. The summed E-state index contributed by atoms with van der Waals surface area (Å²) in [5.41, 5.74) is 4.91. The number of rotatable bonds is 3. The topological polar surface area (TPSA) is 23.6 Å². The van der Waals surface area contributed by atoms with Gasteiger partial charge in [0.25, 0.3) is 0 Å². The number of allylic oxidation sites excluding steroid dienone is 1. The fraction of sp³-hybridized carbons (Fsp3) is 0.250. The van der Waals surface area contributed by atoms with Gasteiger partial charge in [0.05, 0.1) is 6.54 Å². The van der Waals surface area contributed by atoms with E-state index in [0.717, 1.165) is 34.6 Å². The summed E-state index contributed by atoms with van der Waals surface area (Å²) in [5.74, 6) is -0.0355. The van der Waals surface area contributed by atoms with Gasteiger partial charge in [0.15, 0.2) is 5.78 Å². The summed E-state index contributed by atoms with van der Waals surface area (Å²) < 4.78 is 13.8. The van der Waals surface area contributed by atoms with Gasteiger partial charge in [0, 0.05) is 29.1 Å². The second kappa shape index (κ2) is 7.94. The molecule has 0 saturated carbocycles. The SMILES string of the molecule is CC1(C)CC(=O)C2=C(C1)N(c1ccccc1)C(c1ccc(F)cc1)N(c1ccccc1)C2. The molecule has 32 heavy (non-hydrogen) atoms. The van der Waals surface area contributed by atoms with E-state index in [0.29, 0.717) is 13.0 Å². The zero-order valence-corrected chi connectivity index (χ0v) is 18.5. The summed E-state index contributed by atoms with van der Waals surface area (Å²) in [5, 5.41) is 0. The molecule has 0 bridgehead atoms. The second-order valence-electron chi connectivity index (χ2n) is 9.46. The number of para-hydroxylation sites is 2. The monoisotopic (exact) mass is 426 g/mol. The minimum Gasteiger partial charge on any atom is -0.342 e. The normalized spacial score (nSPS) is 20.3. The first-order valence-corrected chi connectivity index (χ1v) is 11.1. The maximum absolute atomic E-state index is 13.8. The predicted octanol–water partition coefficient (Wildman–Crippen LogP) is 6.49. The molecule has 0 amide bonds. The van der Waals surface area contributed by atoms with Gasteiger partial charge in [-0.25, -0.2) is 4.39 Å². The van der Waals surface area contributed by atoms with Crippen LogP contribution >= 0.6 is 0 Å². The molecule has 0 radical (unpaired) electrons. The third-order valence-corrected chi connectivity index (χ3v) is 6.42. The lowest BCUT2D eigenvalue weighted by atomic mass is 9.74. The molecule has 162 valence electrons. The van der Waals surface area contributed by atoms with Crippen molar-refractivity contribution < 1.29 is 9.18 Å². The Morgan fingerprint density at radius 1 is 0.812 bits per heavy atom. The van der Waals surface area contributed by atoms with Crippen molar-refractivity contribution in [3.05, 3.63) is 108 Å². The molecule has 1 aliphatic heterocycles. The second-order valence-corrected chi connectivity index (χ2v) is 9.46. The van der Waals surface area contributed by atoms with E-state index < -0.39 is 0 Å². The quantitative estimate of drug-likeness (QED) is 0.478. The number of hydrogen-bond acceptors (Lipinski definition) is 3. The van der Waals surface area contributed by atoms with Crippen LogP contribution in [-0.2, 0) is 4.79 Å². The highest BCUT2D eigenvalue weighted by Crippen LogP contribution is 2.48. The van der Waals surface area contributed by atoms with E-state index in [-0.39, 0.29) is 23.2 Å². The van der Waals surface area contributed by atoms with Crippen molar-refractivity contribution in [1.29, 1.82) is 0 Å². The van der Waals surface area contributed by atoms with E-state index in [4.69, 9.17) is 0 Å². The summed E-state index contributed by atoms with van der Waals surface area (Å²) >= 11 is 0. The molecule has 2 aliphatic rings. The molecule has 0 fully saturated rings. The van der Waals surface area contributed by atoms with Crippen LogP contribution in [-0.4, -0.2) is 12.3 Å². The average Bonchev–Trinajstić information content (AvgIpc) is 2.79. The van der Waals surface area contributed by atoms with Crippen molar-refractivity contribution >= 4 is 17.2 Å². The Bertz CT molecular complexity index is 1150. The number of carbonyl (C=O) groups is 1. The molecule has 1 atom stereocenters. The Morgan fingerprint density at radius 3 is 2.03 bits per heavy atom. The van der Waals surface area contributed by atoms with Crippen LogP contribution < -0.4 is 9.80 Å². The van der Waals surface area contributed by atoms with Gasteiger partial charge in [0.2, 0.25) is 0 Å². The lowest BCUT2D eigenvalue weighted by molar-refractivity contribution is -0.118. The molecule has 1 heterocycles. The van der Waals surface area contributed by atoms with Crippen molar-refractivity contribution in [2.45, 2.75) is 32.9 Å². The third-order valence-electron chi connectivity index (χ3n) is 6.42. The number of carbonyl (C=O) groups excluding carboxylic acids is 1. The van der Waals surface area contributed by atoms with E-state index in [1.165, 1.54) is 12.1 Å². The molecule has 4 heteroatoms. The van der Waals surface area contributed by atoms with Crippen LogP contribution in [0.1, 0.15) is 38.4 Å². The predicted molar refractivity (Wildman–Crippen MR) is 127 cm³/mol. The zero-order chi connectivity index (χ0) is 22.3. The first-order valence-electron chi connectivity index (χ1n) is 11.1. The first-order chi connectivity index (χ1) is 15.4. The van der Waals surface area contributed by atoms with Crippen LogP contribution in [0.4, 0.5) is 15.8 Å². The Labute approximate surface area is 188 Å². The highest BCUT2D eigenvalue weighted by atomic mass is 19.1. The molecule has 3 aromatic rings. The Balaban J connectivity index is 1.75. The summed E-state index contributed by atoms with van der Waals surface area (Å²) in [6, 6.07) is 27.1. The highest BCUT2D eigenvalue weighted by molar-refractivity contribution is 6.00. The van der Waals surface area contributed by atoms with Gasteiger partial charge in [-0.05, 0) is 53.8 Å². The largest absolute Gasteiger partial charge is 0.342 e. The van der Waals surface area contributed by atoms with Gasteiger partial charge in [-0.2, -0.15) is 0 Å². The van der Waals surface area contributed by atoms with E-state index >= 15 is 0 Å². The summed E-state index contributed by atoms with van der Waals surface area (Å²) in [6.07, 6.45) is 1.18. The van der Waals surface area contributed by atoms with Crippen LogP contribution in [0, 0.1) is 11.2 Å². The van der Waals surface area contributed by atoms with E-state index in [9.17, 15) is 9.18 Å². The number of ketones is 1. The van der Waals surface area contributed by atoms with Crippen LogP contribution in [0.15, 0.2) is 96.2 Å². The summed E-state index contributed by atoms with van der Waals surface area (Å²) in [4.78, 5) is 17.9. The van der Waals surface area contributed by atoms with Gasteiger partial charge in [-0.15, -0.1) is 0 Å². The number of halogens is 1. The van der Waals surface area contributed by atoms with Crippen LogP contribution in [0.3, 0.4) is 0 Å². The van der Waals surface area contributed by atoms with Crippen LogP contribution in [0.25, 0.3) is 0 Å². The molecule has 0 spiro atoms. The van der Waals surface area contributed by atoms with E-state index in [1.807, 2.05) is 48.5 Å². The molecule has 3 nitrogen and oxygen atoms in total. The van der Waals surface area contributed by atoms with Gasteiger partial charge in [-0.1, -0.05) is 62.4 Å². The molecule has 3 aromatic carbocycles. The lowest BCUT2D eigenvalue weighted by Crippen LogP contribution is -2.51. The molecule has 0 aromatic heterocycles. The number of hydrogen-bond donors (Lipinski definition) is 0. The summed E-state index contributed by atoms with van der Waals surface area (Å²) in [7, 11) is 0. The van der Waals surface area contributed by atoms with Crippen LogP contribution in [0.5, 0.6) is 0 Å². The van der Waals surface area contributed by atoms with Crippen molar-refractivity contribution in [3.63, 3.8) is 0 Å². The first kappa shape index (κ1) is 20.5. The fourth-order valence-corrected chi connectivity index (χ4v) is 4.98. The minimum atomic E-state index is -0.254. The van der Waals surface area contributed by atoms with Crippen molar-refractivity contribution in [3.8, 4) is 0 Å². The van der Waals surface area contributed by atoms with Crippen molar-refractivity contribution in [2.24, 2.45) is 5.41 Å². The third kappa shape index (κ3) is 3.70. The number of benzene rings is 3. The molecular formula is C28H27FN2O. The Morgan fingerprint density at radius 2 is 1.41 bits per heavy atom. The lowest BCUT2D eigenvalue weighted by Gasteiger charge is -2.51. The minimum absolute atomic E-state index is 0.106. The van der Waals surface area contributed by atoms with Crippen molar-refractivity contribution in [2.75, 3.05) is 16.3 Å². The van der Waals surface area contributed by atoms with E-state index in [1.54, 1.807) is 0 Å². The Hall–Kier alpha value is -3.40. The standard InChI is InChI=1S/C28H27FN2O/c1-28(2)17-25-24(26(32)18-28)19-30(22-9-5-3-6-10-22)27(20-13-15-21(29)16-14-20)31(25)23-11-7-4-8-12-23/h3-16,27H,17-19H2,1-2H3. The average molecular weight is 427 g/mol. The molecule has 5 rings (SSSR count). The number of anilines is 2. The van der Waals surface area contributed by atoms with E-state index in [2.05, 4.69) is 47.9 Å². The number of Topliss-reactive ketones (excluding diaryl/α,β-unsaturated/α-hetero) is 1. The molecule has 1 unspecified atom stereocenters. The molecule has 1 aliphatic carbocycles. The Kier molecular flexibility index (Phi) is 5.09. The van der Waals surface area contributed by atoms with Gasteiger partial charge < -0.3 is 9.80 Å². The van der Waals surface area contributed by atoms with Crippen LogP contribution in [0.2, 0.25) is 0 Å². The summed E-state index contributed by atoms with van der Waals surface area (Å²) in [6.45, 7) is 4.86. The maximum atomic E-state index is 13.8. The highest BCUT2D eigenvalue weighted by Gasteiger charge is 2.43. The van der Waals surface area contributed by atoms with Gasteiger partial charge in [-0.3, -0.25) is 4.79 Å². The molecular weight excluding hydrogens is 399 g/mol. The van der Waals surface area contributed by atoms with Gasteiger partial charge in [0.1, 0.15) is 12.0 Å².